The van der Waals surface area contributed by atoms with E-state index in [1.54, 1.807) is 6.92 Å². The van der Waals surface area contributed by atoms with Crippen molar-refractivity contribution >= 4 is 17.8 Å². The van der Waals surface area contributed by atoms with E-state index in [9.17, 15) is 14.4 Å². The summed E-state index contributed by atoms with van der Waals surface area (Å²) in [4.78, 5) is 34.5. The zero-order chi connectivity index (χ0) is 15.0. The Balaban J connectivity index is 4.53. The van der Waals surface area contributed by atoms with Crippen LogP contribution in [0.3, 0.4) is 0 Å². The Bertz CT molecular complexity index is 329. The van der Waals surface area contributed by atoms with Crippen LogP contribution in [0.25, 0.3) is 0 Å². The molecule has 0 aliphatic heterocycles. The van der Waals surface area contributed by atoms with Crippen molar-refractivity contribution in [3.05, 3.63) is 0 Å². The summed E-state index contributed by atoms with van der Waals surface area (Å²) in [6.45, 7) is 8.77. The molecule has 0 aliphatic rings. The van der Waals surface area contributed by atoms with Gasteiger partial charge >= 0.3 is 5.97 Å². The van der Waals surface area contributed by atoms with Gasteiger partial charge in [0.25, 0.3) is 0 Å². The first-order valence-corrected chi connectivity index (χ1v) is 6.53. The van der Waals surface area contributed by atoms with Crippen LogP contribution in [0.5, 0.6) is 0 Å². The lowest BCUT2D eigenvalue weighted by Crippen LogP contribution is -2.52. The third kappa shape index (κ3) is 6.79. The van der Waals surface area contributed by atoms with Crippen LogP contribution in [0.15, 0.2) is 0 Å². The van der Waals surface area contributed by atoms with E-state index in [1.165, 1.54) is 6.92 Å². The molecule has 0 aromatic heterocycles. The Labute approximate surface area is 114 Å². The zero-order valence-electron chi connectivity index (χ0n) is 12.3. The number of esters is 1. The van der Waals surface area contributed by atoms with Gasteiger partial charge in [-0.25, -0.2) is 4.79 Å². The van der Waals surface area contributed by atoms with Crippen molar-refractivity contribution in [1.82, 2.24) is 10.6 Å². The smallest absolute Gasteiger partial charge is 0.328 e. The van der Waals surface area contributed by atoms with Crippen LogP contribution < -0.4 is 10.6 Å². The summed E-state index contributed by atoms with van der Waals surface area (Å²) in [5.41, 5.74) is 0. The third-order valence-electron chi connectivity index (χ3n) is 2.48. The van der Waals surface area contributed by atoms with Gasteiger partial charge in [0.2, 0.25) is 11.8 Å². The number of rotatable bonds is 7. The summed E-state index contributed by atoms with van der Waals surface area (Å²) in [7, 11) is 0. The van der Waals surface area contributed by atoms with Crippen LogP contribution in [0.2, 0.25) is 0 Å². The summed E-state index contributed by atoms with van der Waals surface area (Å²) in [5, 5.41) is 5.07. The molecule has 0 fully saturated rings. The van der Waals surface area contributed by atoms with Crippen molar-refractivity contribution in [2.75, 3.05) is 6.61 Å². The van der Waals surface area contributed by atoms with Gasteiger partial charge in [0.15, 0.2) is 0 Å². The van der Waals surface area contributed by atoms with E-state index in [0.29, 0.717) is 6.61 Å². The molecule has 0 spiro atoms. The molecule has 0 aromatic carbocycles. The Morgan fingerprint density at radius 1 is 1.11 bits per heavy atom. The van der Waals surface area contributed by atoms with Gasteiger partial charge in [-0.3, -0.25) is 9.59 Å². The molecule has 0 radical (unpaired) electrons. The molecule has 6 heteroatoms. The molecular formula is C13H24N2O4. The highest BCUT2D eigenvalue weighted by Gasteiger charge is 2.27. The third-order valence-corrected chi connectivity index (χ3v) is 2.48. The summed E-state index contributed by atoms with van der Waals surface area (Å²) in [6, 6.07) is -1.38. The molecule has 0 aromatic rings. The van der Waals surface area contributed by atoms with Crippen molar-refractivity contribution in [3.8, 4) is 0 Å². The van der Waals surface area contributed by atoms with E-state index < -0.39 is 24.0 Å². The lowest BCUT2D eigenvalue weighted by Gasteiger charge is -2.22. The fourth-order valence-corrected chi connectivity index (χ4v) is 1.44. The molecule has 0 saturated heterocycles. The average Bonchev–Trinajstić information content (AvgIpc) is 2.31. The Kier molecular flexibility index (Phi) is 7.79. The van der Waals surface area contributed by atoms with E-state index in [-0.39, 0.29) is 11.8 Å². The fourth-order valence-electron chi connectivity index (χ4n) is 1.44. The Morgan fingerprint density at radius 2 is 1.68 bits per heavy atom. The topological polar surface area (TPSA) is 84.5 Å². The molecule has 2 amide bonds. The zero-order valence-corrected chi connectivity index (χ0v) is 12.3. The summed E-state index contributed by atoms with van der Waals surface area (Å²) in [5.74, 6) is -1.22. The molecule has 110 valence electrons. The van der Waals surface area contributed by atoms with Gasteiger partial charge in [-0.15, -0.1) is 0 Å². The van der Waals surface area contributed by atoms with Gasteiger partial charge in [-0.1, -0.05) is 20.8 Å². The van der Waals surface area contributed by atoms with Crippen LogP contribution >= 0.6 is 0 Å². The largest absolute Gasteiger partial charge is 0.464 e. The first-order chi connectivity index (χ1) is 8.79. The molecule has 6 nitrogen and oxygen atoms in total. The lowest BCUT2D eigenvalue weighted by molar-refractivity contribution is -0.149. The monoisotopic (exact) mass is 272 g/mol. The van der Waals surface area contributed by atoms with Crippen molar-refractivity contribution < 1.29 is 19.1 Å². The van der Waals surface area contributed by atoms with Gasteiger partial charge < -0.3 is 15.4 Å². The maximum absolute atomic E-state index is 11.8. The predicted octanol–water partition coefficient (Wildman–Crippen LogP) is 0.605. The Hall–Kier alpha value is -1.59. The first-order valence-electron chi connectivity index (χ1n) is 6.53. The number of amides is 2. The van der Waals surface area contributed by atoms with Gasteiger partial charge in [0.1, 0.15) is 12.1 Å². The normalized spacial score (nSPS) is 13.6. The SMILES string of the molecule is CCCOC(=O)[C@@H](NC(=O)[C@H](C)NC(C)=O)C(C)C. The summed E-state index contributed by atoms with van der Waals surface area (Å²) < 4.78 is 5.04. The highest BCUT2D eigenvalue weighted by atomic mass is 16.5. The average molecular weight is 272 g/mol. The van der Waals surface area contributed by atoms with Gasteiger partial charge in [-0.05, 0) is 19.3 Å². The number of nitrogens with one attached hydrogen (secondary N) is 2. The molecular weight excluding hydrogens is 248 g/mol. The standard InChI is InChI=1S/C13H24N2O4/c1-6-7-19-13(18)11(8(2)3)15-12(17)9(4)14-10(5)16/h8-9,11H,6-7H2,1-5H3,(H,14,16)(H,15,17)/t9-,11-/m0/s1. The van der Waals surface area contributed by atoms with Crippen LogP contribution in [-0.4, -0.2) is 36.5 Å². The molecule has 2 N–H and O–H groups in total. The Morgan fingerprint density at radius 3 is 2.11 bits per heavy atom. The van der Waals surface area contributed by atoms with E-state index in [0.717, 1.165) is 6.42 Å². The molecule has 0 bridgehead atoms. The van der Waals surface area contributed by atoms with Crippen molar-refractivity contribution in [3.63, 3.8) is 0 Å². The summed E-state index contributed by atoms with van der Waals surface area (Å²) >= 11 is 0. The lowest BCUT2D eigenvalue weighted by atomic mass is 10.0. The van der Waals surface area contributed by atoms with E-state index in [1.807, 2.05) is 20.8 Å². The van der Waals surface area contributed by atoms with Crippen LogP contribution in [0, 0.1) is 5.92 Å². The first kappa shape index (κ1) is 17.4. The highest BCUT2D eigenvalue weighted by Crippen LogP contribution is 2.05. The fraction of sp³-hybridized carbons (Fsp3) is 0.769. The minimum absolute atomic E-state index is 0.0853. The molecule has 0 rings (SSSR count). The molecule has 19 heavy (non-hydrogen) atoms. The minimum atomic E-state index is -0.699. The van der Waals surface area contributed by atoms with Gasteiger partial charge in [0, 0.05) is 6.92 Å². The number of ether oxygens (including phenoxy) is 1. The van der Waals surface area contributed by atoms with E-state index in [2.05, 4.69) is 10.6 Å². The molecule has 0 unspecified atom stereocenters. The maximum Gasteiger partial charge on any atom is 0.328 e. The van der Waals surface area contributed by atoms with Crippen molar-refractivity contribution in [2.24, 2.45) is 5.92 Å². The van der Waals surface area contributed by atoms with Crippen molar-refractivity contribution in [1.29, 1.82) is 0 Å². The number of hydrogen-bond donors (Lipinski definition) is 2. The molecule has 0 heterocycles. The van der Waals surface area contributed by atoms with E-state index in [4.69, 9.17) is 4.74 Å². The van der Waals surface area contributed by atoms with Crippen molar-refractivity contribution in [2.45, 2.75) is 53.1 Å². The number of carbonyl (C=O) groups excluding carboxylic acids is 3. The quantitative estimate of drug-likeness (QED) is 0.665. The second-order valence-electron chi connectivity index (χ2n) is 4.82. The number of carbonyl (C=O) groups is 3. The van der Waals surface area contributed by atoms with Crippen LogP contribution in [-0.2, 0) is 19.1 Å². The van der Waals surface area contributed by atoms with Crippen LogP contribution in [0.4, 0.5) is 0 Å². The van der Waals surface area contributed by atoms with Gasteiger partial charge in [-0.2, -0.15) is 0 Å². The second-order valence-corrected chi connectivity index (χ2v) is 4.82. The molecule has 2 atom stereocenters. The molecule has 0 saturated carbocycles. The molecule has 0 aliphatic carbocycles. The maximum atomic E-state index is 11.8. The second kappa shape index (κ2) is 8.50. The van der Waals surface area contributed by atoms with Gasteiger partial charge in [0.05, 0.1) is 6.61 Å². The minimum Gasteiger partial charge on any atom is -0.464 e. The van der Waals surface area contributed by atoms with Crippen LogP contribution in [0.1, 0.15) is 41.0 Å². The van der Waals surface area contributed by atoms with E-state index >= 15 is 0 Å². The predicted molar refractivity (Wildman–Crippen MR) is 71.3 cm³/mol. The summed E-state index contributed by atoms with van der Waals surface area (Å²) in [6.07, 6.45) is 0.729. The number of hydrogen-bond acceptors (Lipinski definition) is 4. The highest BCUT2D eigenvalue weighted by molar-refractivity contribution is 5.90.